The van der Waals surface area contributed by atoms with Crippen LogP contribution in [0.15, 0.2) is 53.4 Å². The summed E-state index contributed by atoms with van der Waals surface area (Å²) in [5, 5.41) is 2.61. The average Bonchev–Trinajstić information content (AvgIpc) is 2.70. The fourth-order valence-corrected chi connectivity index (χ4v) is 2.95. The minimum absolute atomic E-state index is 0.171. The monoisotopic (exact) mass is 389 g/mol. The van der Waals surface area contributed by atoms with Crippen LogP contribution in [-0.4, -0.2) is 42.0 Å². The molecule has 0 spiro atoms. The molecule has 1 atom stereocenters. The van der Waals surface area contributed by atoms with Crippen LogP contribution in [-0.2, 0) is 31.6 Å². The summed E-state index contributed by atoms with van der Waals surface area (Å²) in [5.41, 5.74) is 1.35. The molecule has 0 bridgehead atoms. The molecule has 7 nitrogen and oxygen atoms in total. The summed E-state index contributed by atoms with van der Waals surface area (Å²) in [4.78, 5) is 35.7. The van der Waals surface area contributed by atoms with E-state index in [9.17, 15) is 18.6 Å². The largest absolute Gasteiger partial charge is 0.465 e. The van der Waals surface area contributed by atoms with Crippen molar-refractivity contribution in [3.05, 3.63) is 65.2 Å². The molecule has 0 aromatic heterocycles. The van der Waals surface area contributed by atoms with Gasteiger partial charge in [0.15, 0.2) is 6.61 Å². The summed E-state index contributed by atoms with van der Waals surface area (Å²) in [7, 11) is -0.0443. The standard InChI is InChI=1S/C19H19NO6S/c1-25-18(22)14-9-7-13(8-10-14)11-20-17(21)12-26-19(23)15-5-3-4-6-16(15)27(2)24/h3-10H,11-12H2,1-2H3,(H,20,21)/t27-/m0/s1. The van der Waals surface area contributed by atoms with Crippen molar-refractivity contribution in [3.8, 4) is 0 Å². The van der Waals surface area contributed by atoms with E-state index in [1.165, 1.54) is 19.4 Å². The highest BCUT2D eigenvalue weighted by molar-refractivity contribution is 7.84. The Hall–Kier alpha value is -3.00. The predicted molar refractivity (Wildman–Crippen MR) is 98.7 cm³/mol. The van der Waals surface area contributed by atoms with E-state index in [0.29, 0.717) is 10.5 Å². The Morgan fingerprint density at radius 2 is 1.67 bits per heavy atom. The first-order valence-electron chi connectivity index (χ1n) is 7.96. The zero-order chi connectivity index (χ0) is 19.8. The lowest BCUT2D eigenvalue weighted by Gasteiger charge is -2.09. The van der Waals surface area contributed by atoms with E-state index < -0.39 is 35.3 Å². The Morgan fingerprint density at radius 1 is 1.00 bits per heavy atom. The molecule has 0 fully saturated rings. The number of ether oxygens (including phenoxy) is 2. The lowest BCUT2D eigenvalue weighted by molar-refractivity contribution is -0.124. The Labute approximate surface area is 159 Å². The number of rotatable bonds is 7. The first kappa shape index (κ1) is 20.3. The number of nitrogens with one attached hydrogen (secondary N) is 1. The van der Waals surface area contributed by atoms with Crippen LogP contribution in [0.5, 0.6) is 0 Å². The topological polar surface area (TPSA) is 98.8 Å². The molecule has 0 aliphatic rings. The maximum Gasteiger partial charge on any atom is 0.339 e. The van der Waals surface area contributed by atoms with Gasteiger partial charge in [0.25, 0.3) is 5.91 Å². The summed E-state index contributed by atoms with van der Waals surface area (Å²) in [6.45, 7) is -0.239. The molecular formula is C19H19NO6S. The highest BCUT2D eigenvalue weighted by Gasteiger charge is 2.16. The van der Waals surface area contributed by atoms with Crippen molar-refractivity contribution in [1.29, 1.82) is 0 Å². The van der Waals surface area contributed by atoms with Gasteiger partial charge in [-0.2, -0.15) is 0 Å². The molecule has 0 aliphatic carbocycles. The van der Waals surface area contributed by atoms with E-state index in [-0.39, 0.29) is 12.1 Å². The smallest absolute Gasteiger partial charge is 0.339 e. The van der Waals surface area contributed by atoms with Crippen LogP contribution in [0.4, 0.5) is 0 Å². The molecule has 0 saturated carbocycles. The Bertz CT molecular complexity index is 863. The average molecular weight is 389 g/mol. The highest BCUT2D eigenvalue weighted by atomic mass is 32.2. The molecular weight excluding hydrogens is 370 g/mol. The molecule has 8 heteroatoms. The fraction of sp³-hybridized carbons (Fsp3) is 0.211. The van der Waals surface area contributed by atoms with Gasteiger partial charge in [-0.05, 0) is 29.8 Å². The van der Waals surface area contributed by atoms with Crippen LogP contribution >= 0.6 is 0 Å². The van der Waals surface area contributed by atoms with Gasteiger partial charge >= 0.3 is 11.9 Å². The summed E-state index contributed by atoms with van der Waals surface area (Å²) < 4.78 is 21.2. The molecule has 1 N–H and O–H groups in total. The van der Waals surface area contributed by atoms with Crippen LogP contribution in [0.1, 0.15) is 26.3 Å². The molecule has 0 saturated heterocycles. The van der Waals surface area contributed by atoms with Gasteiger partial charge in [0.05, 0.1) is 33.9 Å². The van der Waals surface area contributed by atoms with E-state index >= 15 is 0 Å². The minimum atomic E-state index is -1.34. The van der Waals surface area contributed by atoms with Crippen LogP contribution in [0, 0.1) is 0 Å². The van der Waals surface area contributed by atoms with Crippen LogP contribution in [0.25, 0.3) is 0 Å². The van der Waals surface area contributed by atoms with Crippen LogP contribution < -0.4 is 5.32 Å². The maximum atomic E-state index is 12.1. The fourth-order valence-electron chi connectivity index (χ4n) is 2.22. The molecule has 0 radical (unpaired) electrons. The summed E-state index contributed by atoms with van der Waals surface area (Å²) in [5.74, 6) is -1.63. The zero-order valence-corrected chi connectivity index (χ0v) is 15.7. The molecule has 142 valence electrons. The van der Waals surface area contributed by atoms with Crippen LogP contribution in [0.3, 0.4) is 0 Å². The van der Waals surface area contributed by atoms with Crippen molar-refractivity contribution in [1.82, 2.24) is 5.32 Å². The Kier molecular flexibility index (Phi) is 7.25. The Morgan fingerprint density at radius 3 is 2.30 bits per heavy atom. The molecule has 1 amide bonds. The number of hydrogen-bond acceptors (Lipinski definition) is 6. The van der Waals surface area contributed by atoms with E-state index in [1.54, 1.807) is 42.5 Å². The van der Waals surface area contributed by atoms with Crippen LogP contribution in [0.2, 0.25) is 0 Å². The molecule has 2 aromatic carbocycles. The van der Waals surface area contributed by atoms with Gasteiger partial charge < -0.3 is 14.8 Å². The maximum absolute atomic E-state index is 12.1. The van der Waals surface area contributed by atoms with E-state index in [4.69, 9.17) is 4.74 Å². The summed E-state index contributed by atoms with van der Waals surface area (Å²) >= 11 is 0. The number of carbonyl (C=O) groups is 3. The molecule has 0 aliphatic heterocycles. The molecule has 2 aromatic rings. The lowest BCUT2D eigenvalue weighted by atomic mass is 10.1. The number of hydrogen-bond donors (Lipinski definition) is 1. The highest BCUT2D eigenvalue weighted by Crippen LogP contribution is 2.13. The second kappa shape index (κ2) is 9.63. The number of methoxy groups -OCH3 is 1. The van der Waals surface area contributed by atoms with Gasteiger partial charge in [-0.15, -0.1) is 0 Å². The first-order chi connectivity index (χ1) is 12.9. The molecule has 0 unspecified atom stereocenters. The summed E-state index contributed by atoms with van der Waals surface area (Å²) in [6, 6.07) is 12.9. The third-order valence-corrected chi connectivity index (χ3v) is 4.59. The van der Waals surface area contributed by atoms with Crippen molar-refractivity contribution in [3.63, 3.8) is 0 Å². The van der Waals surface area contributed by atoms with E-state index in [0.717, 1.165) is 5.56 Å². The van der Waals surface area contributed by atoms with Gasteiger partial charge in [-0.1, -0.05) is 24.3 Å². The van der Waals surface area contributed by atoms with Gasteiger partial charge in [0, 0.05) is 12.8 Å². The SMILES string of the molecule is COC(=O)c1ccc(CNC(=O)COC(=O)c2ccccc2[S@](C)=O)cc1. The second-order valence-electron chi connectivity index (χ2n) is 5.49. The minimum Gasteiger partial charge on any atom is -0.465 e. The normalized spacial score (nSPS) is 11.3. The lowest BCUT2D eigenvalue weighted by Crippen LogP contribution is -2.28. The number of carbonyl (C=O) groups excluding carboxylic acids is 3. The van der Waals surface area contributed by atoms with E-state index in [1.807, 2.05) is 0 Å². The molecule has 2 rings (SSSR count). The van der Waals surface area contributed by atoms with Crippen molar-refractivity contribution >= 4 is 28.6 Å². The van der Waals surface area contributed by atoms with Crippen molar-refractivity contribution < 1.29 is 28.1 Å². The number of benzene rings is 2. The molecule has 27 heavy (non-hydrogen) atoms. The van der Waals surface area contributed by atoms with Crippen molar-refractivity contribution in [2.24, 2.45) is 0 Å². The predicted octanol–water partition coefficient (Wildman–Crippen LogP) is 1.68. The zero-order valence-electron chi connectivity index (χ0n) is 14.9. The number of amides is 1. The Balaban J connectivity index is 1.85. The van der Waals surface area contributed by atoms with Crippen molar-refractivity contribution in [2.75, 3.05) is 20.0 Å². The first-order valence-corrected chi connectivity index (χ1v) is 9.51. The van der Waals surface area contributed by atoms with Gasteiger partial charge in [0.2, 0.25) is 0 Å². The molecule has 0 heterocycles. The second-order valence-corrected chi connectivity index (χ2v) is 6.84. The third kappa shape index (κ3) is 5.75. The summed E-state index contributed by atoms with van der Waals surface area (Å²) in [6.07, 6.45) is 1.46. The quantitative estimate of drug-likeness (QED) is 0.724. The third-order valence-electron chi connectivity index (χ3n) is 3.62. The van der Waals surface area contributed by atoms with Gasteiger partial charge in [-0.3, -0.25) is 9.00 Å². The van der Waals surface area contributed by atoms with Crippen molar-refractivity contribution in [2.45, 2.75) is 11.4 Å². The van der Waals surface area contributed by atoms with Gasteiger partial charge in [-0.25, -0.2) is 9.59 Å². The van der Waals surface area contributed by atoms with E-state index in [2.05, 4.69) is 10.1 Å². The number of esters is 2. The van der Waals surface area contributed by atoms with Gasteiger partial charge in [0.1, 0.15) is 0 Å².